The van der Waals surface area contributed by atoms with Crippen LogP contribution in [0.4, 0.5) is 4.79 Å². The SMILES string of the molecule is Cc1nn(C)c(C)c1S(=O)(=O)N1CC(N2C(=O)CNC2=O)C1. The molecule has 22 heavy (non-hydrogen) atoms. The number of amides is 3. The Morgan fingerprint density at radius 2 is 1.86 bits per heavy atom. The third-order valence-corrected chi connectivity index (χ3v) is 6.20. The maximum Gasteiger partial charge on any atom is 0.324 e. The van der Waals surface area contributed by atoms with Gasteiger partial charge in [0.1, 0.15) is 4.90 Å². The van der Waals surface area contributed by atoms with Crippen molar-refractivity contribution in [1.82, 2.24) is 24.3 Å². The topological polar surface area (TPSA) is 105 Å². The van der Waals surface area contributed by atoms with Crippen LogP contribution in [-0.2, 0) is 21.9 Å². The van der Waals surface area contributed by atoms with Gasteiger partial charge in [0.2, 0.25) is 15.9 Å². The Bertz CT molecular complexity index is 747. The van der Waals surface area contributed by atoms with Gasteiger partial charge in [-0.2, -0.15) is 9.40 Å². The zero-order valence-electron chi connectivity index (χ0n) is 12.5. The van der Waals surface area contributed by atoms with E-state index in [2.05, 4.69) is 10.4 Å². The zero-order valence-corrected chi connectivity index (χ0v) is 13.3. The fourth-order valence-electron chi connectivity index (χ4n) is 2.84. The lowest BCUT2D eigenvalue weighted by Crippen LogP contribution is -2.62. The number of carbonyl (C=O) groups is 2. The smallest absolute Gasteiger partial charge is 0.324 e. The van der Waals surface area contributed by atoms with Crippen LogP contribution in [0, 0.1) is 13.8 Å². The van der Waals surface area contributed by atoms with E-state index < -0.39 is 22.1 Å². The van der Waals surface area contributed by atoms with Gasteiger partial charge in [-0.1, -0.05) is 0 Å². The second-order valence-electron chi connectivity index (χ2n) is 5.52. The minimum Gasteiger partial charge on any atom is -0.329 e. The molecule has 1 aromatic heterocycles. The minimum atomic E-state index is -3.66. The highest BCUT2D eigenvalue weighted by Crippen LogP contribution is 2.28. The fourth-order valence-corrected chi connectivity index (χ4v) is 4.75. The van der Waals surface area contributed by atoms with Crippen molar-refractivity contribution in [2.24, 2.45) is 7.05 Å². The number of carbonyl (C=O) groups excluding carboxylic acids is 2. The van der Waals surface area contributed by atoms with E-state index in [-0.39, 0.29) is 30.4 Å². The van der Waals surface area contributed by atoms with Crippen molar-refractivity contribution < 1.29 is 18.0 Å². The molecule has 0 saturated carbocycles. The van der Waals surface area contributed by atoms with E-state index in [4.69, 9.17) is 0 Å². The van der Waals surface area contributed by atoms with Crippen molar-refractivity contribution in [1.29, 1.82) is 0 Å². The summed E-state index contributed by atoms with van der Waals surface area (Å²) in [7, 11) is -1.97. The monoisotopic (exact) mass is 327 g/mol. The number of aromatic nitrogens is 2. The molecule has 1 aromatic rings. The number of aryl methyl sites for hydroxylation is 2. The lowest BCUT2D eigenvalue weighted by atomic mass is 10.1. The number of urea groups is 1. The van der Waals surface area contributed by atoms with Crippen LogP contribution in [-0.4, -0.2) is 65.0 Å². The first-order chi connectivity index (χ1) is 10.2. The molecular weight excluding hydrogens is 310 g/mol. The van der Waals surface area contributed by atoms with Crippen molar-refractivity contribution in [3.8, 4) is 0 Å². The van der Waals surface area contributed by atoms with Gasteiger partial charge in [-0.15, -0.1) is 0 Å². The van der Waals surface area contributed by atoms with Gasteiger partial charge in [-0.3, -0.25) is 14.4 Å². The molecule has 3 rings (SSSR count). The molecule has 2 aliphatic heterocycles. The Balaban J connectivity index is 1.80. The van der Waals surface area contributed by atoms with Gasteiger partial charge < -0.3 is 5.32 Å². The normalized spacial score (nSPS) is 20.4. The molecule has 3 amide bonds. The molecule has 0 radical (unpaired) electrons. The van der Waals surface area contributed by atoms with Crippen LogP contribution in [0.25, 0.3) is 0 Å². The van der Waals surface area contributed by atoms with Gasteiger partial charge in [-0.25, -0.2) is 13.2 Å². The van der Waals surface area contributed by atoms with Crippen LogP contribution < -0.4 is 5.32 Å². The predicted molar refractivity (Wildman–Crippen MR) is 75.5 cm³/mol. The average Bonchev–Trinajstić information content (AvgIpc) is 2.81. The van der Waals surface area contributed by atoms with Gasteiger partial charge >= 0.3 is 6.03 Å². The van der Waals surface area contributed by atoms with Crippen molar-refractivity contribution in [3.63, 3.8) is 0 Å². The number of sulfonamides is 1. The molecule has 2 aliphatic rings. The van der Waals surface area contributed by atoms with Crippen LogP contribution in [0.15, 0.2) is 4.90 Å². The molecule has 2 fully saturated rings. The second kappa shape index (κ2) is 4.78. The average molecular weight is 327 g/mol. The van der Waals surface area contributed by atoms with Gasteiger partial charge in [0.05, 0.1) is 24.0 Å². The molecule has 0 bridgehead atoms. The van der Waals surface area contributed by atoms with Gasteiger partial charge in [0.25, 0.3) is 0 Å². The standard InChI is InChI=1S/C12H17N5O4S/c1-7-11(8(2)15(3)14-7)22(20,21)16-5-9(6-16)17-10(18)4-13-12(17)19/h9H,4-6H2,1-3H3,(H,13,19). The summed E-state index contributed by atoms with van der Waals surface area (Å²) in [5.41, 5.74) is 1.01. The highest BCUT2D eigenvalue weighted by molar-refractivity contribution is 7.89. The van der Waals surface area contributed by atoms with Crippen LogP contribution in [0.2, 0.25) is 0 Å². The molecule has 120 valence electrons. The molecular formula is C12H17N5O4S. The van der Waals surface area contributed by atoms with E-state index in [1.165, 1.54) is 8.99 Å². The Kier molecular flexibility index (Phi) is 3.25. The number of rotatable bonds is 3. The van der Waals surface area contributed by atoms with Gasteiger partial charge in [-0.05, 0) is 13.8 Å². The second-order valence-corrected chi connectivity index (χ2v) is 7.40. The molecule has 3 heterocycles. The van der Waals surface area contributed by atoms with E-state index in [0.717, 1.165) is 4.90 Å². The zero-order chi connectivity index (χ0) is 16.2. The van der Waals surface area contributed by atoms with Crippen LogP contribution in [0.1, 0.15) is 11.4 Å². The lowest BCUT2D eigenvalue weighted by Gasteiger charge is -2.41. The van der Waals surface area contributed by atoms with E-state index in [1.54, 1.807) is 20.9 Å². The maximum atomic E-state index is 12.7. The van der Waals surface area contributed by atoms with E-state index in [9.17, 15) is 18.0 Å². The molecule has 10 heteroatoms. The molecule has 9 nitrogen and oxygen atoms in total. The maximum absolute atomic E-state index is 12.7. The predicted octanol–water partition coefficient (Wildman–Crippen LogP) is -1.04. The number of nitrogens with one attached hydrogen (secondary N) is 1. The third-order valence-electron chi connectivity index (χ3n) is 4.11. The summed E-state index contributed by atoms with van der Waals surface area (Å²) in [5.74, 6) is -0.319. The first-order valence-corrected chi connectivity index (χ1v) is 8.27. The molecule has 1 N–H and O–H groups in total. The van der Waals surface area contributed by atoms with Crippen LogP contribution in [0.3, 0.4) is 0 Å². The van der Waals surface area contributed by atoms with E-state index in [1.807, 2.05) is 0 Å². The molecule has 0 aliphatic carbocycles. The van der Waals surface area contributed by atoms with Gasteiger partial charge in [0.15, 0.2) is 0 Å². The molecule has 0 spiro atoms. The summed E-state index contributed by atoms with van der Waals surface area (Å²) in [6.45, 7) is 3.56. The lowest BCUT2D eigenvalue weighted by molar-refractivity contribution is -0.128. The Morgan fingerprint density at radius 3 is 2.32 bits per heavy atom. The quantitative estimate of drug-likeness (QED) is 0.714. The summed E-state index contributed by atoms with van der Waals surface area (Å²) < 4.78 is 28.1. The summed E-state index contributed by atoms with van der Waals surface area (Å²) in [4.78, 5) is 24.5. The Labute approximate surface area is 127 Å². The van der Waals surface area contributed by atoms with E-state index in [0.29, 0.717) is 11.4 Å². The minimum absolute atomic E-state index is 0.0249. The van der Waals surface area contributed by atoms with Crippen LogP contribution >= 0.6 is 0 Å². The van der Waals surface area contributed by atoms with Crippen LogP contribution in [0.5, 0.6) is 0 Å². The first kappa shape index (κ1) is 15.0. The Morgan fingerprint density at radius 1 is 1.23 bits per heavy atom. The highest BCUT2D eigenvalue weighted by Gasteiger charge is 2.46. The fraction of sp³-hybridized carbons (Fsp3) is 0.583. The summed E-state index contributed by atoms with van der Waals surface area (Å²) in [6, 6.07) is -0.858. The van der Waals surface area contributed by atoms with E-state index >= 15 is 0 Å². The summed E-state index contributed by atoms with van der Waals surface area (Å²) >= 11 is 0. The number of imide groups is 1. The van der Waals surface area contributed by atoms with Crippen molar-refractivity contribution in [3.05, 3.63) is 11.4 Å². The molecule has 0 unspecified atom stereocenters. The number of nitrogens with zero attached hydrogens (tertiary/aromatic N) is 4. The first-order valence-electron chi connectivity index (χ1n) is 6.83. The van der Waals surface area contributed by atoms with Crippen molar-refractivity contribution in [2.45, 2.75) is 24.8 Å². The third kappa shape index (κ3) is 2.02. The molecule has 2 saturated heterocycles. The largest absolute Gasteiger partial charge is 0.329 e. The van der Waals surface area contributed by atoms with Gasteiger partial charge in [0, 0.05) is 20.1 Å². The Hall–Kier alpha value is -1.94. The summed E-state index contributed by atoms with van der Waals surface area (Å²) in [5, 5.41) is 6.55. The molecule has 0 aromatic carbocycles. The van der Waals surface area contributed by atoms with Crippen molar-refractivity contribution >= 4 is 22.0 Å². The number of hydrogen-bond acceptors (Lipinski definition) is 5. The highest BCUT2D eigenvalue weighted by atomic mass is 32.2. The number of hydrogen-bond donors (Lipinski definition) is 1. The summed E-state index contributed by atoms with van der Waals surface area (Å²) in [6.07, 6.45) is 0. The van der Waals surface area contributed by atoms with Crippen molar-refractivity contribution in [2.75, 3.05) is 19.6 Å². The molecule has 0 atom stereocenters.